The molecule has 1 aromatic heterocycles. The van der Waals surface area contributed by atoms with Crippen molar-refractivity contribution in [2.45, 2.75) is 17.3 Å². The molecule has 10 nitrogen and oxygen atoms in total. The van der Waals surface area contributed by atoms with Crippen LogP contribution in [-0.2, 0) is 4.79 Å². The van der Waals surface area contributed by atoms with Gasteiger partial charge in [-0.15, -0.1) is 5.10 Å². The molecule has 0 bridgehead atoms. The van der Waals surface area contributed by atoms with E-state index in [0.717, 1.165) is 11.8 Å². The number of methoxy groups -OCH3 is 1. The Morgan fingerprint density at radius 1 is 1.31 bits per heavy atom. The standard InChI is InChI=1S/C17H15ClN6O4S/c1-10(16(25)19-15-8-5-12(24(26)27)9-14(15)18)29-17-20-21-22-23(17)11-3-6-13(28-2)7-4-11/h3-10H,1-2H3,(H,19,25). The number of hydrogen-bond acceptors (Lipinski definition) is 8. The predicted octanol–water partition coefficient (Wildman–Crippen LogP) is 3.35. The van der Waals surface area contributed by atoms with Crippen molar-refractivity contribution in [3.63, 3.8) is 0 Å². The SMILES string of the molecule is COc1ccc(-n2nnnc2SC(C)C(=O)Nc2ccc([N+](=O)[O-])cc2Cl)cc1. The van der Waals surface area contributed by atoms with Crippen LogP contribution >= 0.6 is 23.4 Å². The van der Waals surface area contributed by atoms with E-state index in [1.54, 1.807) is 38.3 Å². The number of carbonyl (C=O) groups excluding carboxylic acids is 1. The maximum Gasteiger partial charge on any atom is 0.271 e. The summed E-state index contributed by atoms with van der Waals surface area (Å²) >= 11 is 7.18. The van der Waals surface area contributed by atoms with Crippen molar-refractivity contribution in [1.82, 2.24) is 20.2 Å². The number of nitrogens with zero attached hydrogens (tertiary/aromatic N) is 5. The molecule has 1 amide bonds. The molecule has 0 aliphatic heterocycles. The Morgan fingerprint density at radius 2 is 2.03 bits per heavy atom. The van der Waals surface area contributed by atoms with Crippen LogP contribution in [0.2, 0.25) is 5.02 Å². The number of nitro benzene ring substituents is 1. The molecule has 150 valence electrons. The van der Waals surface area contributed by atoms with E-state index in [-0.39, 0.29) is 22.3 Å². The number of ether oxygens (including phenoxy) is 1. The van der Waals surface area contributed by atoms with Crippen molar-refractivity contribution in [1.29, 1.82) is 0 Å². The van der Waals surface area contributed by atoms with Crippen LogP contribution in [0.15, 0.2) is 47.6 Å². The highest BCUT2D eigenvalue weighted by atomic mass is 35.5. The molecular formula is C17H15ClN6O4S. The highest BCUT2D eigenvalue weighted by Gasteiger charge is 2.21. The molecule has 1 atom stereocenters. The molecule has 0 aliphatic rings. The van der Waals surface area contributed by atoms with E-state index in [4.69, 9.17) is 16.3 Å². The topological polar surface area (TPSA) is 125 Å². The van der Waals surface area contributed by atoms with E-state index in [2.05, 4.69) is 20.8 Å². The van der Waals surface area contributed by atoms with Crippen LogP contribution in [0.4, 0.5) is 11.4 Å². The molecule has 12 heteroatoms. The van der Waals surface area contributed by atoms with Gasteiger partial charge in [-0.1, -0.05) is 23.4 Å². The Balaban J connectivity index is 1.70. The molecule has 1 N–H and O–H groups in total. The first-order valence-electron chi connectivity index (χ1n) is 8.23. The smallest absolute Gasteiger partial charge is 0.271 e. The van der Waals surface area contributed by atoms with Crippen molar-refractivity contribution in [3.05, 3.63) is 57.6 Å². The number of carbonyl (C=O) groups is 1. The number of tetrazole rings is 1. The fourth-order valence-electron chi connectivity index (χ4n) is 2.30. The van der Waals surface area contributed by atoms with Crippen molar-refractivity contribution in [2.75, 3.05) is 12.4 Å². The fourth-order valence-corrected chi connectivity index (χ4v) is 3.33. The molecule has 29 heavy (non-hydrogen) atoms. The van der Waals surface area contributed by atoms with Gasteiger partial charge in [0.2, 0.25) is 11.1 Å². The largest absolute Gasteiger partial charge is 0.497 e. The molecule has 3 rings (SSSR count). The summed E-state index contributed by atoms with van der Waals surface area (Å²) in [4.78, 5) is 22.7. The van der Waals surface area contributed by atoms with Gasteiger partial charge in [0.15, 0.2) is 0 Å². The number of nitrogens with one attached hydrogen (secondary N) is 1. The van der Waals surface area contributed by atoms with Gasteiger partial charge in [-0.25, -0.2) is 0 Å². The van der Waals surface area contributed by atoms with E-state index < -0.39 is 10.2 Å². The minimum atomic E-state index is -0.566. The molecule has 1 unspecified atom stereocenters. The molecule has 1 heterocycles. The van der Waals surface area contributed by atoms with Gasteiger partial charge in [0.05, 0.1) is 33.7 Å². The van der Waals surface area contributed by atoms with Crippen LogP contribution in [0.5, 0.6) is 5.75 Å². The van der Waals surface area contributed by atoms with Gasteiger partial charge in [0.1, 0.15) is 5.75 Å². The minimum Gasteiger partial charge on any atom is -0.497 e. The summed E-state index contributed by atoms with van der Waals surface area (Å²) in [6.45, 7) is 1.69. The Hall–Kier alpha value is -3.18. The third kappa shape index (κ3) is 4.81. The summed E-state index contributed by atoms with van der Waals surface area (Å²) in [7, 11) is 1.57. The second-order valence-electron chi connectivity index (χ2n) is 5.74. The summed E-state index contributed by atoms with van der Waals surface area (Å²) < 4.78 is 6.64. The van der Waals surface area contributed by atoms with Crippen molar-refractivity contribution in [3.8, 4) is 11.4 Å². The molecule has 0 radical (unpaired) electrons. The second-order valence-corrected chi connectivity index (χ2v) is 7.46. The number of thioether (sulfide) groups is 1. The van der Waals surface area contributed by atoms with Gasteiger partial charge in [-0.05, 0) is 47.7 Å². The Bertz CT molecular complexity index is 1040. The van der Waals surface area contributed by atoms with E-state index in [1.165, 1.54) is 22.9 Å². The van der Waals surface area contributed by atoms with Crippen molar-refractivity contribution < 1.29 is 14.5 Å². The van der Waals surface area contributed by atoms with E-state index in [0.29, 0.717) is 16.6 Å². The summed E-state index contributed by atoms with van der Waals surface area (Å²) in [6.07, 6.45) is 0. The molecule has 0 fully saturated rings. The number of non-ortho nitro benzene ring substituents is 1. The summed E-state index contributed by atoms with van der Waals surface area (Å²) in [6, 6.07) is 11.0. The van der Waals surface area contributed by atoms with Crippen molar-refractivity contribution >= 4 is 40.6 Å². The Kier molecular flexibility index (Phi) is 6.29. The van der Waals surface area contributed by atoms with E-state index in [1.807, 2.05) is 0 Å². The summed E-state index contributed by atoms with van der Waals surface area (Å²) in [5.74, 6) is 0.346. The van der Waals surface area contributed by atoms with Crippen LogP contribution in [0.1, 0.15) is 6.92 Å². The van der Waals surface area contributed by atoms with Gasteiger partial charge in [0, 0.05) is 12.1 Å². The molecule has 0 aliphatic carbocycles. The van der Waals surface area contributed by atoms with Crippen LogP contribution in [0, 0.1) is 10.1 Å². The number of benzene rings is 2. The second kappa shape index (κ2) is 8.88. The normalized spacial score (nSPS) is 11.7. The number of halogens is 1. The predicted molar refractivity (Wildman–Crippen MR) is 108 cm³/mol. The Morgan fingerprint density at radius 3 is 2.66 bits per heavy atom. The van der Waals surface area contributed by atoms with Crippen LogP contribution in [0.3, 0.4) is 0 Å². The lowest BCUT2D eigenvalue weighted by atomic mass is 10.2. The quantitative estimate of drug-likeness (QED) is 0.341. The molecular weight excluding hydrogens is 420 g/mol. The van der Waals surface area contributed by atoms with Crippen LogP contribution in [-0.4, -0.2) is 43.4 Å². The molecule has 0 saturated carbocycles. The molecule has 0 spiro atoms. The third-order valence-corrected chi connectivity index (χ3v) is 5.18. The first-order chi connectivity index (χ1) is 13.9. The summed E-state index contributed by atoms with van der Waals surface area (Å²) in [5.41, 5.74) is 0.836. The van der Waals surface area contributed by atoms with Gasteiger partial charge in [-0.2, -0.15) is 4.68 Å². The highest BCUT2D eigenvalue weighted by Crippen LogP contribution is 2.29. The maximum absolute atomic E-state index is 12.5. The number of nitro groups is 1. The lowest BCUT2D eigenvalue weighted by Gasteiger charge is -2.12. The number of anilines is 1. The zero-order valence-corrected chi connectivity index (χ0v) is 16.8. The van der Waals surface area contributed by atoms with E-state index in [9.17, 15) is 14.9 Å². The Labute approximate surface area is 174 Å². The number of aromatic nitrogens is 4. The lowest BCUT2D eigenvalue weighted by Crippen LogP contribution is -2.23. The average Bonchev–Trinajstić information content (AvgIpc) is 3.17. The van der Waals surface area contributed by atoms with E-state index >= 15 is 0 Å². The molecule has 0 saturated heterocycles. The molecule has 3 aromatic rings. The summed E-state index contributed by atoms with van der Waals surface area (Å²) in [5, 5.41) is 25.0. The fraction of sp³-hybridized carbons (Fsp3) is 0.176. The third-order valence-electron chi connectivity index (χ3n) is 3.83. The van der Waals surface area contributed by atoms with Crippen molar-refractivity contribution in [2.24, 2.45) is 0 Å². The average molecular weight is 435 g/mol. The number of hydrogen-bond donors (Lipinski definition) is 1. The zero-order valence-electron chi connectivity index (χ0n) is 15.3. The van der Waals surface area contributed by atoms with Crippen LogP contribution < -0.4 is 10.1 Å². The van der Waals surface area contributed by atoms with Crippen LogP contribution in [0.25, 0.3) is 5.69 Å². The molecule has 2 aromatic carbocycles. The maximum atomic E-state index is 12.5. The monoisotopic (exact) mass is 434 g/mol. The number of amides is 1. The first kappa shape index (κ1) is 20.6. The van der Waals surface area contributed by atoms with Gasteiger partial charge >= 0.3 is 0 Å². The lowest BCUT2D eigenvalue weighted by molar-refractivity contribution is -0.384. The highest BCUT2D eigenvalue weighted by molar-refractivity contribution is 8.00. The van der Waals surface area contributed by atoms with Gasteiger partial charge < -0.3 is 10.1 Å². The first-order valence-corrected chi connectivity index (χ1v) is 9.49. The van der Waals surface area contributed by atoms with Gasteiger partial charge in [-0.3, -0.25) is 14.9 Å². The number of rotatable bonds is 7. The zero-order chi connectivity index (χ0) is 21.0. The van der Waals surface area contributed by atoms with Gasteiger partial charge in [0.25, 0.3) is 5.69 Å². The minimum absolute atomic E-state index is 0.0767.